The SMILES string of the molecule is CC1CC1C(O)c1ccncc1.NCC(=O)O. The number of nitrogens with two attached hydrogens (primary N) is 1. The molecular formula is C12H18N2O3. The zero-order chi connectivity index (χ0) is 12.8. The van der Waals surface area contributed by atoms with E-state index in [2.05, 4.69) is 17.6 Å². The topological polar surface area (TPSA) is 96.4 Å². The number of carbonyl (C=O) groups is 1. The summed E-state index contributed by atoms with van der Waals surface area (Å²) in [4.78, 5) is 13.2. The fourth-order valence-electron chi connectivity index (χ4n) is 1.60. The smallest absolute Gasteiger partial charge is 0.317 e. The fraction of sp³-hybridized carbons (Fsp3) is 0.500. The van der Waals surface area contributed by atoms with E-state index in [4.69, 9.17) is 5.11 Å². The van der Waals surface area contributed by atoms with Gasteiger partial charge in [0.1, 0.15) is 0 Å². The van der Waals surface area contributed by atoms with Crippen molar-refractivity contribution in [2.45, 2.75) is 19.4 Å². The van der Waals surface area contributed by atoms with Crippen LogP contribution >= 0.6 is 0 Å². The van der Waals surface area contributed by atoms with Crippen LogP contribution in [0.2, 0.25) is 0 Å². The van der Waals surface area contributed by atoms with Gasteiger partial charge in [0.2, 0.25) is 0 Å². The molecule has 1 aliphatic carbocycles. The third-order valence-corrected chi connectivity index (χ3v) is 2.80. The standard InChI is InChI=1S/C10H13NO.C2H5NO2/c1-7-6-9(7)10(12)8-2-4-11-5-3-8;3-1-2(4)5/h2-5,7,9-10,12H,6H2,1H3;1,3H2,(H,4,5). The van der Waals surface area contributed by atoms with E-state index in [1.165, 1.54) is 0 Å². The second-order valence-electron chi connectivity index (χ2n) is 4.20. The molecule has 0 saturated heterocycles. The summed E-state index contributed by atoms with van der Waals surface area (Å²) in [6.45, 7) is 1.90. The summed E-state index contributed by atoms with van der Waals surface area (Å²) >= 11 is 0. The number of nitrogens with zero attached hydrogens (tertiary/aromatic N) is 1. The number of carboxylic acids is 1. The van der Waals surface area contributed by atoms with Crippen LogP contribution in [0.25, 0.3) is 0 Å². The molecule has 2 rings (SSSR count). The Bertz CT molecular complexity index is 356. The van der Waals surface area contributed by atoms with Crippen LogP contribution in [0.4, 0.5) is 0 Å². The maximum absolute atomic E-state index is 9.80. The van der Waals surface area contributed by atoms with E-state index in [1.54, 1.807) is 12.4 Å². The van der Waals surface area contributed by atoms with Gasteiger partial charge in [-0.1, -0.05) is 6.92 Å². The van der Waals surface area contributed by atoms with Crippen LogP contribution in [0.15, 0.2) is 24.5 Å². The molecule has 0 aromatic carbocycles. The fourth-order valence-corrected chi connectivity index (χ4v) is 1.60. The Morgan fingerprint density at radius 2 is 2.06 bits per heavy atom. The minimum atomic E-state index is -0.968. The minimum absolute atomic E-state index is 0.275. The number of rotatable bonds is 3. The molecule has 1 aromatic rings. The first-order valence-corrected chi connectivity index (χ1v) is 5.56. The summed E-state index contributed by atoms with van der Waals surface area (Å²) in [6.07, 6.45) is 4.34. The molecular weight excluding hydrogens is 220 g/mol. The highest BCUT2D eigenvalue weighted by molar-refractivity contribution is 5.68. The van der Waals surface area contributed by atoms with Crippen molar-refractivity contribution in [2.24, 2.45) is 17.6 Å². The van der Waals surface area contributed by atoms with Crippen LogP contribution in [-0.2, 0) is 4.79 Å². The summed E-state index contributed by atoms with van der Waals surface area (Å²) in [6, 6.07) is 3.77. The second-order valence-corrected chi connectivity index (χ2v) is 4.20. The van der Waals surface area contributed by atoms with Gasteiger partial charge < -0.3 is 15.9 Å². The molecule has 3 atom stereocenters. The number of aromatic nitrogens is 1. The molecule has 0 amide bonds. The Balaban J connectivity index is 0.000000249. The summed E-state index contributed by atoms with van der Waals surface area (Å²) in [5.74, 6) is 0.200. The number of hydrogen-bond donors (Lipinski definition) is 3. The van der Waals surface area contributed by atoms with Crippen LogP contribution < -0.4 is 5.73 Å². The number of pyridine rings is 1. The molecule has 5 nitrogen and oxygen atoms in total. The molecule has 1 heterocycles. The molecule has 0 radical (unpaired) electrons. The van der Waals surface area contributed by atoms with E-state index in [1.807, 2.05) is 12.1 Å². The molecule has 0 spiro atoms. The van der Waals surface area contributed by atoms with Crippen LogP contribution in [-0.4, -0.2) is 27.7 Å². The van der Waals surface area contributed by atoms with Crippen molar-refractivity contribution in [1.82, 2.24) is 4.98 Å². The summed E-state index contributed by atoms with van der Waals surface area (Å²) < 4.78 is 0. The zero-order valence-corrected chi connectivity index (χ0v) is 9.78. The van der Waals surface area contributed by atoms with E-state index in [9.17, 15) is 9.90 Å². The second kappa shape index (κ2) is 6.32. The maximum atomic E-state index is 9.80. The Kier molecular flexibility index (Phi) is 5.06. The van der Waals surface area contributed by atoms with Crippen molar-refractivity contribution in [3.8, 4) is 0 Å². The summed E-state index contributed by atoms with van der Waals surface area (Å²) in [5, 5.41) is 17.4. The molecule has 1 aliphatic rings. The normalized spacial score (nSPS) is 23.2. The Morgan fingerprint density at radius 1 is 1.59 bits per heavy atom. The number of aliphatic carboxylic acids is 1. The lowest BCUT2D eigenvalue weighted by Crippen LogP contribution is -2.10. The highest BCUT2D eigenvalue weighted by Gasteiger charge is 2.39. The average Bonchev–Trinajstić information content (AvgIpc) is 3.07. The van der Waals surface area contributed by atoms with Gasteiger partial charge in [-0.2, -0.15) is 0 Å². The van der Waals surface area contributed by atoms with Crippen molar-refractivity contribution in [2.75, 3.05) is 6.54 Å². The van der Waals surface area contributed by atoms with Gasteiger partial charge in [-0.3, -0.25) is 9.78 Å². The lowest BCUT2D eigenvalue weighted by atomic mass is 10.1. The van der Waals surface area contributed by atoms with Gasteiger partial charge in [0.25, 0.3) is 0 Å². The van der Waals surface area contributed by atoms with E-state index < -0.39 is 5.97 Å². The van der Waals surface area contributed by atoms with Crippen molar-refractivity contribution in [3.63, 3.8) is 0 Å². The van der Waals surface area contributed by atoms with E-state index >= 15 is 0 Å². The first kappa shape index (κ1) is 13.6. The van der Waals surface area contributed by atoms with Crippen LogP contribution in [0.3, 0.4) is 0 Å². The van der Waals surface area contributed by atoms with Gasteiger partial charge in [-0.25, -0.2) is 0 Å². The number of carboxylic acid groups (broad SMARTS) is 1. The third-order valence-electron chi connectivity index (χ3n) is 2.80. The Morgan fingerprint density at radius 3 is 2.41 bits per heavy atom. The van der Waals surface area contributed by atoms with E-state index in [0.717, 1.165) is 12.0 Å². The maximum Gasteiger partial charge on any atom is 0.317 e. The van der Waals surface area contributed by atoms with Gasteiger partial charge in [0, 0.05) is 12.4 Å². The monoisotopic (exact) mass is 238 g/mol. The van der Waals surface area contributed by atoms with Gasteiger partial charge in [0.05, 0.1) is 12.6 Å². The molecule has 94 valence electrons. The van der Waals surface area contributed by atoms with Crippen LogP contribution in [0.1, 0.15) is 25.0 Å². The first-order valence-electron chi connectivity index (χ1n) is 5.56. The number of aliphatic hydroxyl groups is 1. The molecule has 5 heteroatoms. The molecule has 0 bridgehead atoms. The third kappa shape index (κ3) is 4.50. The van der Waals surface area contributed by atoms with E-state index in [0.29, 0.717) is 11.8 Å². The minimum Gasteiger partial charge on any atom is -0.480 e. The molecule has 3 unspecified atom stereocenters. The van der Waals surface area contributed by atoms with Crippen molar-refractivity contribution in [1.29, 1.82) is 0 Å². The molecule has 17 heavy (non-hydrogen) atoms. The van der Waals surface area contributed by atoms with Crippen LogP contribution in [0, 0.1) is 11.8 Å². The van der Waals surface area contributed by atoms with Gasteiger partial charge in [-0.05, 0) is 36.0 Å². The van der Waals surface area contributed by atoms with Gasteiger partial charge in [-0.15, -0.1) is 0 Å². The van der Waals surface area contributed by atoms with Crippen molar-refractivity contribution < 1.29 is 15.0 Å². The average molecular weight is 238 g/mol. The summed E-state index contributed by atoms with van der Waals surface area (Å²) in [5.41, 5.74) is 5.57. The number of hydrogen-bond acceptors (Lipinski definition) is 4. The molecule has 4 N–H and O–H groups in total. The first-order chi connectivity index (χ1) is 8.06. The molecule has 1 fully saturated rings. The van der Waals surface area contributed by atoms with E-state index in [-0.39, 0.29) is 12.6 Å². The quantitative estimate of drug-likeness (QED) is 0.723. The highest BCUT2D eigenvalue weighted by Crippen LogP contribution is 2.46. The highest BCUT2D eigenvalue weighted by atomic mass is 16.4. The van der Waals surface area contributed by atoms with Crippen molar-refractivity contribution in [3.05, 3.63) is 30.1 Å². The predicted octanol–water partition coefficient (Wildman–Crippen LogP) is 0.801. The van der Waals surface area contributed by atoms with Crippen LogP contribution in [0.5, 0.6) is 0 Å². The lowest BCUT2D eigenvalue weighted by Gasteiger charge is -2.08. The molecule has 0 aliphatic heterocycles. The Hall–Kier alpha value is -1.46. The molecule has 1 saturated carbocycles. The van der Waals surface area contributed by atoms with Gasteiger partial charge >= 0.3 is 5.97 Å². The number of aliphatic hydroxyl groups excluding tert-OH is 1. The zero-order valence-electron chi connectivity index (χ0n) is 9.78. The Labute approximate surface area is 100 Å². The summed E-state index contributed by atoms with van der Waals surface area (Å²) in [7, 11) is 0. The molecule has 1 aromatic heterocycles. The lowest BCUT2D eigenvalue weighted by molar-refractivity contribution is -0.135. The predicted molar refractivity (Wildman–Crippen MR) is 63.2 cm³/mol. The largest absolute Gasteiger partial charge is 0.480 e. The van der Waals surface area contributed by atoms with Gasteiger partial charge in [0.15, 0.2) is 0 Å². The van der Waals surface area contributed by atoms with Crippen molar-refractivity contribution >= 4 is 5.97 Å².